The highest BCUT2D eigenvalue weighted by atomic mass is 32.1. The van der Waals surface area contributed by atoms with Gasteiger partial charge in [-0.3, -0.25) is 0 Å². The highest BCUT2D eigenvalue weighted by molar-refractivity contribution is 7.24. The van der Waals surface area contributed by atoms with Crippen LogP contribution in [-0.4, -0.2) is 29.3 Å². The predicted molar refractivity (Wildman–Crippen MR) is 79.0 cm³/mol. The summed E-state index contributed by atoms with van der Waals surface area (Å²) in [5, 5.41) is 13.6. The molecule has 0 radical (unpaired) electrons. The van der Waals surface area contributed by atoms with Crippen molar-refractivity contribution < 1.29 is 9.15 Å². The van der Waals surface area contributed by atoms with Crippen molar-refractivity contribution in [2.75, 3.05) is 19.5 Å². The number of anilines is 1. The van der Waals surface area contributed by atoms with E-state index < -0.39 is 0 Å². The number of nitrogens with zero attached hydrogens (tertiary/aromatic N) is 3. The smallest absolute Gasteiger partial charge is 0.205 e. The molecule has 0 fully saturated rings. The van der Waals surface area contributed by atoms with Crippen molar-refractivity contribution in [3.8, 4) is 20.7 Å². The molecule has 0 saturated carbocycles. The van der Waals surface area contributed by atoms with E-state index in [1.807, 2.05) is 19.2 Å². The first-order chi connectivity index (χ1) is 9.81. The normalized spacial score (nSPS) is 10.9. The lowest BCUT2D eigenvalue weighted by Crippen LogP contribution is -1.90. The van der Waals surface area contributed by atoms with Crippen molar-refractivity contribution in [2.45, 2.75) is 6.61 Å². The first-order valence-electron chi connectivity index (χ1n) is 5.86. The number of hydrogen-bond acceptors (Lipinski definition) is 8. The van der Waals surface area contributed by atoms with Crippen LogP contribution in [0.1, 0.15) is 5.69 Å². The average Bonchev–Trinajstić information content (AvgIpc) is 3.19. The highest BCUT2D eigenvalue weighted by Crippen LogP contribution is 2.38. The Morgan fingerprint density at radius 1 is 1.30 bits per heavy atom. The van der Waals surface area contributed by atoms with E-state index in [4.69, 9.17) is 9.15 Å². The number of ether oxygens (including phenoxy) is 1. The van der Waals surface area contributed by atoms with Crippen LogP contribution < -0.4 is 5.32 Å². The summed E-state index contributed by atoms with van der Waals surface area (Å²) in [7, 11) is 3.47. The quantitative estimate of drug-likeness (QED) is 0.780. The molecule has 3 aromatic rings. The number of nitrogens with one attached hydrogen (secondary N) is 1. The summed E-state index contributed by atoms with van der Waals surface area (Å²) in [6, 6.07) is 3.73. The molecule has 6 nitrogen and oxygen atoms in total. The fourth-order valence-corrected chi connectivity index (χ4v) is 3.50. The summed E-state index contributed by atoms with van der Waals surface area (Å²) in [6.07, 6.45) is 1.64. The Morgan fingerprint density at radius 2 is 2.20 bits per heavy atom. The van der Waals surface area contributed by atoms with E-state index >= 15 is 0 Å². The predicted octanol–water partition coefficient (Wildman–Crippen LogP) is 3.11. The maximum Gasteiger partial charge on any atom is 0.205 e. The van der Waals surface area contributed by atoms with E-state index in [1.54, 1.807) is 13.4 Å². The van der Waals surface area contributed by atoms with Gasteiger partial charge in [-0.1, -0.05) is 11.3 Å². The van der Waals surface area contributed by atoms with Gasteiger partial charge >= 0.3 is 0 Å². The highest BCUT2D eigenvalue weighted by Gasteiger charge is 2.18. The summed E-state index contributed by atoms with van der Waals surface area (Å²) in [4.78, 5) is 5.54. The van der Waals surface area contributed by atoms with E-state index in [0.29, 0.717) is 6.61 Å². The molecular formula is C12H12N4O2S2. The number of furan rings is 1. The third kappa shape index (κ3) is 2.45. The first kappa shape index (κ1) is 13.2. The summed E-state index contributed by atoms with van der Waals surface area (Å²) >= 11 is 3.02. The third-order valence-electron chi connectivity index (χ3n) is 2.54. The third-order valence-corrected chi connectivity index (χ3v) is 4.75. The first-order valence-corrected chi connectivity index (χ1v) is 7.49. The Morgan fingerprint density at radius 3 is 2.85 bits per heavy atom. The second kappa shape index (κ2) is 5.70. The van der Waals surface area contributed by atoms with E-state index in [2.05, 4.69) is 20.5 Å². The van der Waals surface area contributed by atoms with Crippen LogP contribution in [0, 0.1) is 0 Å². The zero-order valence-corrected chi connectivity index (χ0v) is 12.5. The van der Waals surface area contributed by atoms with Gasteiger partial charge < -0.3 is 14.5 Å². The Balaban J connectivity index is 2.04. The summed E-state index contributed by atoms with van der Waals surface area (Å²) in [5.74, 6) is 0.747. The second-order valence-electron chi connectivity index (χ2n) is 3.87. The molecule has 1 N–H and O–H groups in total. The van der Waals surface area contributed by atoms with Gasteiger partial charge in [-0.05, 0) is 12.1 Å². The van der Waals surface area contributed by atoms with Gasteiger partial charge in [-0.25, -0.2) is 4.98 Å². The lowest BCUT2D eigenvalue weighted by Gasteiger charge is -1.95. The SMILES string of the molecule is CNc1nnc(-c2sc(-c3ccco3)nc2COC)s1. The van der Waals surface area contributed by atoms with Crippen LogP contribution in [0.5, 0.6) is 0 Å². The van der Waals surface area contributed by atoms with Crippen molar-refractivity contribution >= 4 is 27.8 Å². The van der Waals surface area contributed by atoms with Gasteiger partial charge in [0.05, 0.1) is 23.4 Å². The van der Waals surface area contributed by atoms with Crippen LogP contribution in [0.2, 0.25) is 0 Å². The fourth-order valence-electron chi connectivity index (χ4n) is 1.68. The Hall–Kier alpha value is -1.77. The maximum atomic E-state index is 5.39. The van der Waals surface area contributed by atoms with Crippen molar-refractivity contribution in [2.24, 2.45) is 0 Å². The number of methoxy groups -OCH3 is 1. The standard InChI is InChI=1S/C12H12N4O2S2/c1-13-12-16-15-11(20-12)9-7(6-17-2)14-10(19-9)8-4-3-5-18-8/h3-5H,6H2,1-2H3,(H,13,16). The molecule has 0 saturated heterocycles. The number of aromatic nitrogens is 3. The number of hydrogen-bond donors (Lipinski definition) is 1. The van der Waals surface area contributed by atoms with Crippen LogP contribution in [0.25, 0.3) is 20.7 Å². The average molecular weight is 308 g/mol. The lowest BCUT2D eigenvalue weighted by atomic mass is 10.4. The van der Waals surface area contributed by atoms with Crippen LogP contribution in [0.4, 0.5) is 5.13 Å². The summed E-state index contributed by atoms with van der Waals surface area (Å²) < 4.78 is 10.6. The van der Waals surface area contributed by atoms with Crippen LogP contribution >= 0.6 is 22.7 Å². The molecule has 0 spiro atoms. The molecule has 0 aliphatic carbocycles. The minimum atomic E-state index is 0.432. The molecule has 20 heavy (non-hydrogen) atoms. The van der Waals surface area contributed by atoms with Gasteiger partial charge in [0.15, 0.2) is 15.8 Å². The molecule has 104 valence electrons. The van der Waals surface area contributed by atoms with E-state index in [0.717, 1.165) is 31.5 Å². The van der Waals surface area contributed by atoms with E-state index in [-0.39, 0.29) is 0 Å². The molecule has 0 unspecified atom stereocenters. The zero-order valence-electron chi connectivity index (χ0n) is 10.9. The van der Waals surface area contributed by atoms with Gasteiger partial charge in [-0.2, -0.15) is 0 Å². The van der Waals surface area contributed by atoms with Gasteiger partial charge in [0.1, 0.15) is 0 Å². The Labute approximate surface area is 123 Å². The topological polar surface area (TPSA) is 73.1 Å². The molecule has 0 bridgehead atoms. The van der Waals surface area contributed by atoms with Crippen molar-refractivity contribution in [1.29, 1.82) is 0 Å². The zero-order chi connectivity index (χ0) is 13.9. The Kier molecular flexibility index (Phi) is 3.77. The molecular weight excluding hydrogens is 296 g/mol. The van der Waals surface area contributed by atoms with Gasteiger partial charge in [0, 0.05) is 14.2 Å². The van der Waals surface area contributed by atoms with E-state index in [9.17, 15) is 0 Å². The molecule has 0 aliphatic heterocycles. The second-order valence-corrected chi connectivity index (χ2v) is 5.84. The molecule has 8 heteroatoms. The lowest BCUT2D eigenvalue weighted by molar-refractivity contribution is 0.182. The molecule has 0 aromatic carbocycles. The largest absolute Gasteiger partial charge is 0.462 e. The van der Waals surface area contributed by atoms with Crippen LogP contribution in [-0.2, 0) is 11.3 Å². The van der Waals surface area contributed by atoms with Gasteiger partial charge in [0.25, 0.3) is 0 Å². The van der Waals surface area contributed by atoms with Gasteiger partial charge in [0.2, 0.25) is 5.13 Å². The Bertz CT molecular complexity index is 690. The summed E-state index contributed by atoms with van der Waals surface area (Å²) in [6.45, 7) is 0.432. The van der Waals surface area contributed by atoms with Crippen molar-refractivity contribution in [1.82, 2.24) is 15.2 Å². The minimum Gasteiger partial charge on any atom is -0.462 e. The van der Waals surface area contributed by atoms with Gasteiger partial charge in [-0.15, -0.1) is 21.5 Å². The molecule has 0 amide bonds. The van der Waals surface area contributed by atoms with Crippen LogP contribution in [0.15, 0.2) is 22.8 Å². The molecule has 0 atom stereocenters. The summed E-state index contributed by atoms with van der Waals surface area (Å²) in [5.41, 5.74) is 0.850. The molecule has 3 heterocycles. The van der Waals surface area contributed by atoms with Crippen molar-refractivity contribution in [3.63, 3.8) is 0 Å². The molecule has 3 rings (SSSR count). The maximum absolute atomic E-state index is 5.39. The van der Waals surface area contributed by atoms with E-state index in [1.165, 1.54) is 22.7 Å². The molecule has 3 aromatic heterocycles. The molecule has 0 aliphatic rings. The van der Waals surface area contributed by atoms with Crippen LogP contribution in [0.3, 0.4) is 0 Å². The number of thiazole rings is 1. The monoisotopic (exact) mass is 308 g/mol. The fraction of sp³-hybridized carbons (Fsp3) is 0.250. The number of rotatable bonds is 5. The minimum absolute atomic E-state index is 0.432. The van der Waals surface area contributed by atoms with Crippen molar-refractivity contribution in [3.05, 3.63) is 24.1 Å².